The summed E-state index contributed by atoms with van der Waals surface area (Å²) in [7, 11) is 0. The molecule has 0 saturated heterocycles. The molecule has 0 radical (unpaired) electrons. The monoisotopic (exact) mass is 258 g/mol. The lowest BCUT2D eigenvalue weighted by atomic mass is 9.91. The predicted octanol–water partition coefficient (Wildman–Crippen LogP) is 1.74. The quantitative estimate of drug-likeness (QED) is 0.808. The van der Waals surface area contributed by atoms with Gasteiger partial charge >= 0.3 is 0 Å². The smallest absolute Gasteiger partial charge is 0.211 e. The third-order valence-corrected chi connectivity index (χ3v) is 3.14. The Morgan fingerprint density at radius 3 is 2.88 bits per heavy atom. The summed E-state index contributed by atoms with van der Waals surface area (Å²) >= 11 is 0. The Kier molecular flexibility index (Phi) is 5.68. The summed E-state index contributed by atoms with van der Waals surface area (Å²) in [6, 6.07) is 3.86. The number of nitrogens with one attached hydrogen (secondary N) is 1. The minimum atomic E-state index is -0.0113. The first kappa shape index (κ1) is 14.2. The summed E-state index contributed by atoms with van der Waals surface area (Å²) in [6.45, 7) is 0.311. The van der Waals surface area contributed by atoms with E-state index in [1.807, 2.05) is 0 Å². The molecule has 1 aromatic heterocycles. The molecule has 0 bridgehead atoms. The summed E-state index contributed by atoms with van der Waals surface area (Å²) in [5.74, 6) is 0.402. The van der Waals surface area contributed by atoms with Crippen molar-refractivity contribution in [3.8, 4) is 0 Å². The van der Waals surface area contributed by atoms with Crippen molar-refractivity contribution in [3.63, 3.8) is 0 Å². The molecule has 0 spiro atoms. The fraction of sp³-hybridized carbons (Fsp3) is 0.583. The van der Waals surface area contributed by atoms with E-state index in [1.54, 1.807) is 12.1 Å². The predicted molar refractivity (Wildman–Crippen MR) is 68.5 cm³/mol. The van der Waals surface area contributed by atoms with Crippen LogP contribution in [-0.2, 0) is 0 Å². The van der Waals surface area contributed by atoms with Gasteiger partial charge in [-0.15, -0.1) is 12.4 Å². The van der Waals surface area contributed by atoms with Crippen molar-refractivity contribution in [1.29, 1.82) is 0 Å². The van der Waals surface area contributed by atoms with E-state index >= 15 is 0 Å². The maximum absolute atomic E-state index is 11.7. The third-order valence-electron chi connectivity index (χ3n) is 3.14. The van der Waals surface area contributed by atoms with Crippen LogP contribution in [0, 0.1) is 0 Å². The largest absolute Gasteiger partial charge is 0.461 e. The van der Waals surface area contributed by atoms with Gasteiger partial charge < -0.3 is 15.5 Å². The van der Waals surface area contributed by atoms with Crippen molar-refractivity contribution in [3.05, 3.63) is 24.2 Å². The van der Waals surface area contributed by atoms with Crippen molar-refractivity contribution in [2.45, 2.75) is 37.8 Å². The molecule has 3 N–H and O–H groups in total. The van der Waals surface area contributed by atoms with Gasteiger partial charge in [-0.1, -0.05) is 12.8 Å². The highest BCUT2D eigenvalue weighted by Gasteiger charge is 2.22. The first-order chi connectivity index (χ1) is 7.77. The zero-order valence-electron chi connectivity index (χ0n) is 9.72. The molecule has 0 aliphatic heterocycles. The summed E-state index contributed by atoms with van der Waals surface area (Å²) in [4.78, 5) is 11.7. The zero-order chi connectivity index (χ0) is 11.4. The van der Waals surface area contributed by atoms with Gasteiger partial charge in [-0.2, -0.15) is 0 Å². The minimum absolute atomic E-state index is 0. The maximum Gasteiger partial charge on any atom is 0.211 e. The zero-order valence-corrected chi connectivity index (χ0v) is 10.5. The molecule has 1 aliphatic carbocycles. The Balaban J connectivity index is 0.00000144. The van der Waals surface area contributed by atoms with Crippen molar-refractivity contribution in [2.75, 3.05) is 6.54 Å². The second kappa shape index (κ2) is 6.79. The molecule has 17 heavy (non-hydrogen) atoms. The molecule has 0 amide bonds. The van der Waals surface area contributed by atoms with E-state index in [1.165, 1.54) is 19.1 Å². The van der Waals surface area contributed by atoms with Crippen LogP contribution in [0.2, 0.25) is 0 Å². The van der Waals surface area contributed by atoms with Crippen LogP contribution < -0.4 is 11.1 Å². The Hall–Kier alpha value is -0.840. The number of ketones is 1. The van der Waals surface area contributed by atoms with Gasteiger partial charge in [0.15, 0.2) is 5.76 Å². The Morgan fingerprint density at radius 2 is 2.24 bits per heavy atom. The van der Waals surface area contributed by atoms with Crippen LogP contribution in [0.1, 0.15) is 36.2 Å². The SMILES string of the molecule is Cl.NC1CCCCC1NCC(=O)c1ccco1. The summed E-state index contributed by atoms with van der Waals surface area (Å²) < 4.78 is 5.04. The summed E-state index contributed by atoms with van der Waals surface area (Å²) in [6.07, 6.45) is 6.02. The van der Waals surface area contributed by atoms with Gasteiger partial charge in [0.25, 0.3) is 0 Å². The van der Waals surface area contributed by atoms with Crippen LogP contribution in [-0.4, -0.2) is 24.4 Å². The molecular weight excluding hydrogens is 240 g/mol. The van der Waals surface area contributed by atoms with E-state index in [2.05, 4.69) is 5.32 Å². The fourth-order valence-electron chi connectivity index (χ4n) is 2.16. The highest BCUT2D eigenvalue weighted by Crippen LogP contribution is 2.16. The number of Topliss-reactive ketones (excluding diaryl/α,β-unsaturated/α-hetero) is 1. The number of carbonyl (C=O) groups is 1. The lowest BCUT2D eigenvalue weighted by Gasteiger charge is -2.29. The number of rotatable bonds is 4. The number of hydrogen-bond acceptors (Lipinski definition) is 4. The van der Waals surface area contributed by atoms with Crippen molar-refractivity contribution >= 4 is 18.2 Å². The first-order valence-electron chi connectivity index (χ1n) is 5.83. The van der Waals surface area contributed by atoms with E-state index in [4.69, 9.17) is 10.2 Å². The molecule has 2 unspecified atom stereocenters. The molecule has 5 heteroatoms. The first-order valence-corrected chi connectivity index (χ1v) is 5.83. The minimum Gasteiger partial charge on any atom is -0.461 e. The van der Waals surface area contributed by atoms with E-state index in [9.17, 15) is 4.79 Å². The fourth-order valence-corrected chi connectivity index (χ4v) is 2.16. The molecule has 1 saturated carbocycles. The molecule has 2 atom stereocenters. The third kappa shape index (κ3) is 3.84. The average Bonchev–Trinajstić information content (AvgIpc) is 2.81. The maximum atomic E-state index is 11.7. The second-order valence-corrected chi connectivity index (χ2v) is 4.34. The molecule has 1 heterocycles. The van der Waals surface area contributed by atoms with Crippen LogP contribution in [0.25, 0.3) is 0 Å². The number of furan rings is 1. The van der Waals surface area contributed by atoms with Gasteiger partial charge in [-0.3, -0.25) is 4.79 Å². The average molecular weight is 259 g/mol. The Morgan fingerprint density at radius 1 is 1.47 bits per heavy atom. The van der Waals surface area contributed by atoms with Crippen LogP contribution in [0.15, 0.2) is 22.8 Å². The van der Waals surface area contributed by atoms with Crippen LogP contribution in [0.3, 0.4) is 0 Å². The summed E-state index contributed by atoms with van der Waals surface area (Å²) in [5, 5.41) is 3.22. The Labute approximate surface area is 107 Å². The molecule has 96 valence electrons. The highest BCUT2D eigenvalue weighted by atomic mass is 35.5. The van der Waals surface area contributed by atoms with E-state index in [0.29, 0.717) is 12.3 Å². The van der Waals surface area contributed by atoms with E-state index in [-0.39, 0.29) is 30.3 Å². The van der Waals surface area contributed by atoms with Gasteiger partial charge in [0, 0.05) is 12.1 Å². The lowest BCUT2D eigenvalue weighted by molar-refractivity contribution is 0.0957. The van der Waals surface area contributed by atoms with Crippen molar-refractivity contribution < 1.29 is 9.21 Å². The van der Waals surface area contributed by atoms with Crippen LogP contribution in [0.5, 0.6) is 0 Å². The highest BCUT2D eigenvalue weighted by molar-refractivity contribution is 5.95. The standard InChI is InChI=1S/C12H18N2O2.ClH/c13-9-4-1-2-5-10(9)14-8-11(15)12-6-3-7-16-12;/h3,6-7,9-10,14H,1-2,4-5,8,13H2;1H. The van der Waals surface area contributed by atoms with E-state index in [0.717, 1.165) is 12.8 Å². The number of nitrogens with two attached hydrogens (primary N) is 1. The molecule has 0 aromatic carbocycles. The molecule has 4 nitrogen and oxygen atoms in total. The van der Waals surface area contributed by atoms with Gasteiger partial charge in [-0.05, 0) is 25.0 Å². The molecule has 2 rings (SSSR count). The normalized spacial score (nSPS) is 24.1. The van der Waals surface area contributed by atoms with Gasteiger partial charge in [0.1, 0.15) is 0 Å². The number of hydrogen-bond donors (Lipinski definition) is 2. The van der Waals surface area contributed by atoms with Gasteiger partial charge in [0.2, 0.25) is 5.78 Å². The van der Waals surface area contributed by atoms with Gasteiger partial charge in [0.05, 0.1) is 12.8 Å². The Bertz CT molecular complexity index is 340. The topological polar surface area (TPSA) is 68.3 Å². The van der Waals surface area contributed by atoms with Gasteiger partial charge in [-0.25, -0.2) is 0 Å². The summed E-state index contributed by atoms with van der Waals surface area (Å²) in [5.41, 5.74) is 5.99. The molecule has 1 aliphatic rings. The number of carbonyl (C=O) groups excluding carboxylic acids is 1. The lowest BCUT2D eigenvalue weighted by Crippen LogP contribution is -2.48. The molecule has 1 aromatic rings. The second-order valence-electron chi connectivity index (χ2n) is 4.34. The van der Waals surface area contributed by atoms with Crippen molar-refractivity contribution in [2.24, 2.45) is 5.73 Å². The van der Waals surface area contributed by atoms with Crippen molar-refractivity contribution in [1.82, 2.24) is 5.32 Å². The molecular formula is C12H19ClN2O2. The van der Waals surface area contributed by atoms with Crippen LogP contribution >= 0.6 is 12.4 Å². The molecule has 1 fully saturated rings. The number of halogens is 1. The van der Waals surface area contributed by atoms with E-state index < -0.39 is 0 Å². The van der Waals surface area contributed by atoms with Crippen LogP contribution in [0.4, 0.5) is 0 Å².